The molecule has 1 unspecified atom stereocenters. The molecule has 1 saturated carbocycles. The van der Waals surface area contributed by atoms with Crippen LogP contribution in [0.2, 0.25) is 0 Å². The minimum Gasteiger partial charge on any atom is -0.374 e. The molecule has 1 aromatic heterocycles. The van der Waals surface area contributed by atoms with Gasteiger partial charge >= 0.3 is 0 Å². The van der Waals surface area contributed by atoms with Gasteiger partial charge < -0.3 is 10.0 Å². The SMILES string of the molecule is CC.CN1CCN(c2cnc3c(-c4ccc(C#N)cc4)cccc3c2C2CC2)CC1(C)O. The van der Waals surface area contributed by atoms with Crippen molar-refractivity contribution in [1.29, 1.82) is 5.26 Å². The van der Waals surface area contributed by atoms with Gasteiger partial charge in [0, 0.05) is 24.0 Å². The topological polar surface area (TPSA) is 63.4 Å². The minimum atomic E-state index is -0.849. The molecule has 2 fully saturated rings. The van der Waals surface area contributed by atoms with Gasteiger partial charge in [0.05, 0.1) is 35.6 Å². The third kappa shape index (κ3) is 4.09. The smallest absolute Gasteiger partial charge is 0.133 e. The van der Waals surface area contributed by atoms with E-state index in [9.17, 15) is 5.11 Å². The summed E-state index contributed by atoms with van der Waals surface area (Å²) in [4.78, 5) is 9.22. The Morgan fingerprint density at radius 2 is 1.81 bits per heavy atom. The molecule has 2 heterocycles. The fraction of sp³-hybridized carbons (Fsp3) is 0.407. The fourth-order valence-corrected chi connectivity index (χ4v) is 4.52. The van der Waals surface area contributed by atoms with E-state index in [-0.39, 0.29) is 0 Å². The zero-order valence-electron chi connectivity index (χ0n) is 19.5. The van der Waals surface area contributed by atoms with Gasteiger partial charge in [-0.25, -0.2) is 0 Å². The van der Waals surface area contributed by atoms with Crippen LogP contribution in [0.15, 0.2) is 48.7 Å². The van der Waals surface area contributed by atoms with Crippen molar-refractivity contribution in [3.63, 3.8) is 0 Å². The summed E-state index contributed by atoms with van der Waals surface area (Å²) >= 11 is 0. The van der Waals surface area contributed by atoms with Gasteiger partial charge in [0.1, 0.15) is 5.72 Å². The molecule has 166 valence electrons. The van der Waals surface area contributed by atoms with Crippen molar-refractivity contribution in [2.45, 2.75) is 45.3 Å². The first-order valence-corrected chi connectivity index (χ1v) is 11.6. The van der Waals surface area contributed by atoms with E-state index in [4.69, 9.17) is 10.2 Å². The fourth-order valence-electron chi connectivity index (χ4n) is 4.52. The maximum Gasteiger partial charge on any atom is 0.133 e. The second-order valence-corrected chi connectivity index (χ2v) is 8.78. The number of pyridine rings is 1. The molecule has 1 atom stereocenters. The van der Waals surface area contributed by atoms with Gasteiger partial charge in [0.2, 0.25) is 0 Å². The molecular formula is C27H32N4O. The van der Waals surface area contributed by atoms with E-state index in [0.29, 0.717) is 18.0 Å². The first-order chi connectivity index (χ1) is 15.5. The number of piperazine rings is 1. The maximum atomic E-state index is 10.8. The van der Waals surface area contributed by atoms with Crippen molar-refractivity contribution < 1.29 is 5.11 Å². The predicted octanol–water partition coefficient (Wildman–Crippen LogP) is 5.14. The van der Waals surface area contributed by atoms with E-state index in [1.807, 2.05) is 63.2 Å². The molecular weight excluding hydrogens is 396 g/mol. The third-order valence-electron chi connectivity index (χ3n) is 6.59. The number of anilines is 1. The molecule has 1 aliphatic carbocycles. The van der Waals surface area contributed by atoms with E-state index in [0.717, 1.165) is 35.4 Å². The number of aliphatic hydroxyl groups is 1. The molecule has 2 aromatic carbocycles. The van der Waals surface area contributed by atoms with Crippen LogP contribution >= 0.6 is 0 Å². The number of nitriles is 1. The van der Waals surface area contributed by atoms with Crippen LogP contribution in [0.1, 0.15) is 50.7 Å². The number of hydrogen-bond acceptors (Lipinski definition) is 5. The second-order valence-electron chi connectivity index (χ2n) is 8.78. The molecule has 2 aliphatic rings. The number of aromatic nitrogens is 1. The lowest BCUT2D eigenvalue weighted by Crippen LogP contribution is -2.59. The van der Waals surface area contributed by atoms with E-state index in [1.165, 1.54) is 23.8 Å². The summed E-state index contributed by atoms with van der Waals surface area (Å²) in [5.74, 6) is 0.561. The second kappa shape index (κ2) is 8.90. The van der Waals surface area contributed by atoms with Crippen LogP contribution in [-0.2, 0) is 0 Å². The highest BCUT2D eigenvalue weighted by Gasteiger charge is 2.36. The summed E-state index contributed by atoms with van der Waals surface area (Å²) in [5.41, 5.74) is 5.52. The molecule has 0 spiro atoms. The quantitative estimate of drug-likeness (QED) is 0.626. The zero-order valence-corrected chi connectivity index (χ0v) is 19.5. The van der Waals surface area contributed by atoms with Crippen LogP contribution in [0.3, 0.4) is 0 Å². The van der Waals surface area contributed by atoms with Gasteiger partial charge in [-0.3, -0.25) is 9.88 Å². The lowest BCUT2D eigenvalue weighted by atomic mass is 9.95. The van der Waals surface area contributed by atoms with Crippen molar-refractivity contribution in [2.75, 3.05) is 31.6 Å². The number of para-hydroxylation sites is 1. The average molecular weight is 429 g/mol. The summed E-state index contributed by atoms with van der Waals surface area (Å²) < 4.78 is 0. The van der Waals surface area contributed by atoms with Gasteiger partial charge in [0.25, 0.3) is 0 Å². The zero-order chi connectivity index (χ0) is 22.9. The first-order valence-electron chi connectivity index (χ1n) is 11.6. The number of fused-ring (bicyclic) bond motifs is 1. The average Bonchev–Trinajstić information content (AvgIpc) is 3.66. The minimum absolute atomic E-state index is 0.561. The molecule has 0 radical (unpaired) electrons. The van der Waals surface area contributed by atoms with Crippen molar-refractivity contribution >= 4 is 16.6 Å². The third-order valence-corrected chi connectivity index (χ3v) is 6.59. The van der Waals surface area contributed by atoms with Crippen LogP contribution in [-0.4, -0.2) is 47.4 Å². The van der Waals surface area contributed by atoms with E-state index in [2.05, 4.69) is 29.2 Å². The standard InChI is InChI=1S/C25H26N4O.C2H6/c1-25(30)16-29(13-12-28(25)2)22-15-27-24-20(18-8-6-17(14-26)7-9-18)4-3-5-21(24)23(22)19-10-11-19;1-2/h3-9,15,19,30H,10-13,16H2,1-2H3;1-2H3. The number of likely N-dealkylation sites (N-methyl/N-ethyl adjacent to an activating group) is 1. The van der Waals surface area contributed by atoms with E-state index >= 15 is 0 Å². The van der Waals surface area contributed by atoms with Gasteiger partial charge in [-0.05, 0) is 56.0 Å². The highest BCUT2D eigenvalue weighted by molar-refractivity contribution is 5.98. The monoisotopic (exact) mass is 428 g/mol. The number of hydrogen-bond donors (Lipinski definition) is 1. The molecule has 5 nitrogen and oxygen atoms in total. The van der Waals surface area contributed by atoms with Crippen LogP contribution in [0.5, 0.6) is 0 Å². The Balaban J connectivity index is 0.00000119. The van der Waals surface area contributed by atoms with Crippen LogP contribution in [0.4, 0.5) is 5.69 Å². The largest absolute Gasteiger partial charge is 0.374 e. The lowest BCUT2D eigenvalue weighted by molar-refractivity contribution is -0.0833. The van der Waals surface area contributed by atoms with Gasteiger partial charge in [0.15, 0.2) is 0 Å². The molecule has 1 saturated heterocycles. The molecule has 3 aromatic rings. The highest BCUT2D eigenvalue weighted by Crippen LogP contribution is 2.48. The van der Waals surface area contributed by atoms with Crippen LogP contribution in [0, 0.1) is 11.3 Å². The molecule has 0 amide bonds. The Kier molecular flexibility index (Phi) is 6.19. The summed E-state index contributed by atoms with van der Waals surface area (Å²) in [6, 6.07) is 16.3. The van der Waals surface area contributed by atoms with Crippen molar-refractivity contribution in [2.24, 2.45) is 0 Å². The molecule has 1 N–H and O–H groups in total. The van der Waals surface area contributed by atoms with E-state index < -0.39 is 5.72 Å². The summed E-state index contributed by atoms with van der Waals surface area (Å²) in [5, 5.41) is 21.1. The van der Waals surface area contributed by atoms with Crippen molar-refractivity contribution in [3.8, 4) is 17.2 Å². The highest BCUT2D eigenvalue weighted by atomic mass is 16.3. The Morgan fingerprint density at radius 3 is 2.44 bits per heavy atom. The molecule has 5 heteroatoms. The maximum absolute atomic E-state index is 10.8. The summed E-state index contributed by atoms with van der Waals surface area (Å²) in [6.45, 7) is 8.16. The summed E-state index contributed by atoms with van der Waals surface area (Å²) in [7, 11) is 1.97. The van der Waals surface area contributed by atoms with Crippen molar-refractivity contribution in [1.82, 2.24) is 9.88 Å². The number of rotatable bonds is 3. The number of benzene rings is 2. The number of β-amino-alcohol motifs (C(OH)–C–C–N with tert-alkyl or cyclic N) is 1. The molecule has 1 aliphatic heterocycles. The Morgan fingerprint density at radius 1 is 1.09 bits per heavy atom. The van der Waals surface area contributed by atoms with Gasteiger partial charge in [-0.1, -0.05) is 44.2 Å². The Bertz CT molecular complexity index is 1140. The van der Waals surface area contributed by atoms with Crippen LogP contribution in [0.25, 0.3) is 22.0 Å². The Labute approximate surface area is 190 Å². The van der Waals surface area contributed by atoms with Crippen molar-refractivity contribution in [3.05, 3.63) is 59.8 Å². The number of nitrogens with zero attached hydrogens (tertiary/aromatic N) is 4. The first kappa shape index (κ1) is 22.3. The molecule has 5 rings (SSSR count). The van der Waals surface area contributed by atoms with Crippen LogP contribution < -0.4 is 4.90 Å². The predicted molar refractivity (Wildman–Crippen MR) is 131 cm³/mol. The lowest BCUT2D eigenvalue weighted by Gasteiger charge is -2.45. The van der Waals surface area contributed by atoms with Gasteiger partial charge in [-0.2, -0.15) is 5.26 Å². The normalized spacial score (nSPS) is 21.1. The summed E-state index contributed by atoms with van der Waals surface area (Å²) in [6.07, 6.45) is 4.42. The van der Waals surface area contributed by atoms with E-state index in [1.54, 1.807) is 0 Å². The molecule has 32 heavy (non-hydrogen) atoms. The van der Waals surface area contributed by atoms with Gasteiger partial charge in [-0.15, -0.1) is 0 Å². The Hall–Kier alpha value is -2.94. The molecule has 0 bridgehead atoms.